The van der Waals surface area contributed by atoms with Crippen LogP contribution in [-0.2, 0) is 9.59 Å². The lowest BCUT2D eigenvalue weighted by atomic mass is 9.79. The maximum atomic E-state index is 12.4. The lowest BCUT2D eigenvalue weighted by molar-refractivity contribution is -0.163. The molecule has 0 radical (unpaired) electrons. The standard InChI is InChI=1S/C21H26N2O5S/c1-11-17-16(12(2)24)20(25)23(17)18(21(26)27)19(11)29-15-8-13(22-9-15)10-28-14-6-4-3-5-7-14/h3-7,11-13,15-17,22,24H,8-10H2,1-2H3,(H,26,27)/t11-,12?,13?,15+,16+,17+/m1/s1. The van der Waals surface area contributed by atoms with Gasteiger partial charge in [0.1, 0.15) is 18.1 Å². The Labute approximate surface area is 174 Å². The van der Waals surface area contributed by atoms with Crippen LogP contribution in [0.2, 0.25) is 0 Å². The van der Waals surface area contributed by atoms with Gasteiger partial charge in [-0.2, -0.15) is 0 Å². The number of carbonyl (C=O) groups is 2. The van der Waals surface area contributed by atoms with Gasteiger partial charge in [-0.25, -0.2) is 4.79 Å². The zero-order valence-electron chi connectivity index (χ0n) is 16.4. The van der Waals surface area contributed by atoms with Gasteiger partial charge in [-0.15, -0.1) is 11.8 Å². The third-order valence-electron chi connectivity index (χ3n) is 5.98. The number of hydrogen-bond acceptors (Lipinski definition) is 6. The molecule has 156 valence electrons. The van der Waals surface area contributed by atoms with E-state index in [-0.39, 0.29) is 34.9 Å². The summed E-state index contributed by atoms with van der Waals surface area (Å²) in [5, 5.41) is 23.3. The van der Waals surface area contributed by atoms with Crippen molar-refractivity contribution < 1.29 is 24.5 Å². The molecule has 0 bridgehead atoms. The molecule has 0 spiro atoms. The molecule has 1 aromatic carbocycles. The second-order valence-corrected chi connectivity index (χ2v) is 9.32. The number of nitrogens with zero attached hydrogens (tertiary/aromatic N) is 1. The Balaban J connectivity index is 1.41. The van der Waals surface area contributed by atoms with Crippen molar-refractivity contribution >= 4 is 23.6 Å². The van der Waals surface area contributed by atoms with E-state index in [4.69, 9.17) is 4.74 Å². The molecule has 2 saturated heterocycles. The van der Waals surface area contributed by atoms with Gasteiger partial charge in [0.2, 0.25) is 5.91 Å². The third-order valence-corrected chi connectivity index (χ3v) is 7.49. The molecular weight excluding hydrogens is 392 g/mol. The molecule has 0 aromatic heterocycles. The molecule has 6 atom stereocenters. The third kappa shape index (κ3) is 3.65. The van der Waals surface area contributed by atoms with Gasteiger partial charge in [-0.05, 0) is 25.5 Å². The van der Waals surface area contributed by atoms with Crippen molar-refractivity contribution in [1.29, 1.82) is 0 Å². The number of ether oxygens (including phenoxy) is 1. The summed E-state index contributed by atoms with van der Waals surface area (Å²) in [6, 6.07) is 9.59. The first-order chi connectivity index (χ1) is 13.9. The summed E-state index contributed by atoms with van der Waals surface area (Å²) in [5.74, 6) is -1.15. The number of carboxylic acids is 1. The molecular formula is C21H26N2O5S. The number of carboxylic acid groups (broad SMARTS) is 1. The topological polar surface area (TPSA) is 99.1 Å². The molecule has 3 aliphatic rings. The van der Waals surface area contributed by atoms with E-state index in [2.05, 4.69) is 5.32 Å². The van der Waals surface area contributed by atoms with Crippen LogP contribution in [0.15, 0.2) is 40.9 Å². The maximum Gasteiger partial charge on any atom is 0.353 e. The van der Waals surface area contributed by atoms with Crippen molar-refractivity contribution in [3.05, 3.63) is 40.9 Å². The van der Waals surface area contributed by atoms with Gasteiger partial charge in [0.05, 0.1) is 18.1 Å². The lowest BCUT2D eigenvalue weighted by Crippen LogP contribution is -2.63. The highest BCUT2D eigenvalue weighted by Gasteiger charge is 2.60. The Bertz CT molecular complexity index is 828. The molecule has 8 heteroatoms. The molecule has 1 aromatic rings. The highest BCUT2D eigenvalue weighted by atomic mass is 32.2. The minimum absolute atomic E-state index is 0.0944. The quantitative estimate of drug-likeness (QED) is 0.580. The zero-order valence-corrected chi connectivity index (χ0v) is 17.3. The van der Waals surface area contributed by atoms with Crippen LogP contribution in [0.5, 0.6) is 5.75 Å². The van der Waals surface area contributed by atoms with E-state index in [1.807, 2.05) is 37.3 Å². The SMILES string of the molecule is CC(O)[C@@H]1C(=O)N2C(C(=O)O)=C(S[C@@H]3CNC(COc4ccccc4)C3)[C@H](C)[C@@H]12. The minimum atomic E-state index is -1.07. The lowest BCUT2D eigenvalue weighted by Gasteiger charge is -2.46. The van der Waals surface area contributed by atoms with Gasteiger partial charge < -0.3 is 25.2 Å². The van der Waals surface area contributed by atoms with E-state index in [0.717, 1.165) is 23.6 Å². The molecule has 0 aliphatic carbocycles. The summed E-state index contributed by atoms with van der Waals surface area (Å²) in [6.45, 7) is 4.86. The number of rotatable bonds is 7. The first-order valence-corrected chi connectivity index (χ1v) is 10.8. The van der Waals surface area contributed by atoms with Gasteiger partial charge in [0.15, 0.2) is 0 Å². The first-order valence-electron chi connectivity index (χ1n) is 9.95. The van der Waals surface area contributed by atoms with Crippen LogP contribution < -0.4 is 10.1 Å². The summed E-state index contributed by atoms with van der Waals surface area (Å²) in [5.41, 5.74) is 0.0957. The molecule has 4 rings (SSSR count). The van der Waals surface area contributed by atoms with Crippen molar-refractivity contribution in [2.24, 2.45) is 11.8 Å². The number of aliphatic hydroxyl groups is 1. The van der Waals surface area contributed by atoms with Gasteiger partial charge in [0.25, 0.3) is 0 Å². The Morgan fingerprint density at radius 1 is 1.38 bits per heavy atom. The molecule has 1 amide bonds. The number of aliphatic hydroxyl groups excluding tert-OH is 1. The van der Waals surface area contributed by atoms with Crippen molar-refractivity contribution in [2.45, 2.75) is 43.7 Å². The largest absolute Gasteiger partial charge is 0.492 e. The van der Waals surface area contributed by atoms with Crippen LogP contribution in [0, 0.1) is 11.8 Å². The molecule has 3 heterocycles. The highest BCUT2D eigenvalue weighted by molar-refractivity contribution is 8.03. The van der Waals surface area contributed by atoms with Crippen LogP contribution in [0.4, 0.5) is 0 Å². The smallest absolute Gasteiger partial charge is 0.353 e. The molecule has 2 unspecified atom stereocenters. The minimum Gasteiger partial charge on any atom is -0.492 e. The summed E-state index contributed by atoms with van der Waals surface area (Å²) >= 11 is 1.55. The Morgan fingerprint density at radius 2 is 2.10 bits per heavy atom. The monoisotopic (exact) mass is 418 g/mol. The number of amides is 1. The molecule has 29 heavy (non-hydrogen) atoms. The Kier molecular flexibility index (Phi) is 5.59. The second kappa shape index (κ2) is 8.01. The van der Waals surface area contributed by atoms with Crippen LogP contribution in [0.3, 0.4) is 0 Å². The average molecular weight is 419 g/mol. The van der Waals surface area contributed by atoms with Crippen molar-refractivity contribution in [1.82, 2.24) is 10.2 Å². The zero-order chi connectivity index (χ0) is 20.7. The number of nitrogens with one attached hydrogen (secondary N) is 1. The number of hydrogen-bond donors (Lipinski definition) is 3. The molecule has 7 nitrogen and oxygen atoms in total. The van der Waals surface area contributed by atoms with Crippen LogP contribution in [-0.4, -0.2) is 63.6 Å². The molecule has 3 N–H and O–H groups in total. The summed E-state index contributed by atoms with van der Waals surface area (Å²) < 4.78 is 5.83. The second-order valence-electron chi connectivity index (χ2n) is 7.98. The van der Waals surface area contributed by atoms with E-state index in [9.17, 15) is 19.8 Å². The Morgan fingerprint density at radius 3 is 2.76 bits per heavy atom. The number of β-lactam (4-membered cyclic amide) rings is 1. The van der Waals surface area contributed by atoms with E-state index in [0.29, 0.717) is 6.61 Å². The fraction of sp³-hybridized carbons (Fsp3) is 0.524. The van der Waals surface area contributed by atoms with E-state index < -0.39 is 18.0 Å². The van der Waals surface area contributed by atoms with E-state index in [1.165, 1.54) is 4.90 Å². The van der Waals surface area contributed by atoms with Gasteiger partial charge >= 0.3 is 5.97 Å². The highest BCUT2D eigenvalue weighted by Crippen LogP contribution is 2.51. The number of carbonyl (C=O) groups excluding carboxylic acids is 1. The predicted octanol–water partition coefficient (Wildman–Crippen LogP) is 1.68. The van der Waals surface area contributed by atoms with Crippen LogP contribution in [0.1, 0.15) is 20.3 Å². The first kappa shape index (κ1) is 20.3. The normalized spacial score (nSPS) is 32.2. The molecule has 0 saturated carbocycles. The average Bonchev–Trinajstić information content (AvgIpc) is 3.22. The molecule has 2 fully saturated rings. The number of thioether (sulfide) groups is 1. The van der Waals surface area contributed by atoms with Crippen LogP contribution in [0.25, 0.3) is 0 Å². The van der Waals surface area contributed by atoms with Crippen molar-refractivity contribution in [3.63, 3.8) is 0 Å². The summed E-state index contributed by atoms with van der Waals surface area (Å²) in [6.07, 6.45) is 0.0808. The van der Waals surface area contributed by atoms with Crippen molar-refractivity contribution in [2.75, 3.05) is 13.2 Å². The number of aliphatic carboxylic acids is 1. The van der Waals surface area contributed by atoms with Gasteiger partial charge in [-0.3, -0.25) is 4.79 Å². The van der Waals surface area contributed by atoms with Crippen molar-refractivity contribution in [3.8, 4) is 5.75 Å². The predicted molar refractivity (Wildman–Crippen MR) is 109 cm³/mol. The van der Waals surface area contributed by atoms with Gasteiger partial charge in [0, 0.05) is 28.7 Å². The number of para-hydroxylation sites is 1. The molecule has 3 aliphatic heterocycles. The summed E-state index contributed by atoms with van der Waals surface area (Å²) in [7, 11) is 0. The van der Waals surface area contributed by atoms with Gasteiger partial charge in [-0.1, -0.05) is 25.1 Å². The number of benzene rings is 1. The van der Waals surface area contributed by atoms with Crippen LogP contribution >= 0.6 is 11.8 Å². The number of fused-ring (bicyclic) bond motifs is 1. The van der Waals surface area contributed by atoms with E-state index >= 15 is 0 Å². The maximum absolute atomic E-state index is 12.4. The fourth-order valence-electron chi connectivity index (χ4n) is 4.57. The fourth-order valence-corrected chi connectivity index (χ4v) is 6.09. The van der Waals surface area contributed by atoms with E-state index in [1.54, 1.807) is 18.7 Å². The summed E-state index contributed by atoms with van der Waals surface area (Å²) in [4.78, 5) is 26.5. The Hall–Kier alpha value is -2.03.